The average Bonchev–Trinajstić information content (AvgIpc) is 2.43. The molecule has 0 heterocycles. The molecule has 6 heteroatoms. The Morgan fingerprint density at radius 3 is 2.50 bits per heavy atom. The summed E-state index contributed by atoms with van der Waals surface area (Å²) in [5.74, 6) is -0.524. The van der Waals surface area contributed by atoms with Crippen LogP contribution in [0.4, 0.5) is 10.1 Å². The third kappa shape index (κ3) is 4.79. The van der Waals surface area contributed by atoms with E-state index in [1.165, 1.54) is 6.07 Å². The second-order valence-corrected chi connectivity index (χ2v) is 4.41. The van der Waals surface area contributed by atoms with Gasteiger partial charge in [-0.2, -0.15) is 0 Å². The van der Waals surface area contributed by atoms with Crippen LogP contribution in [0.5, 0.6) is 0 Å². The van der Waals surface area contributed by atoms with E-state index in [1.54, 1.807) is 26.4 Å². The molecular formula is C14H22FN3O2. The number of rotatable bonds is 9. The third-order valence-corrected chi connectivity index (χ3v) is 2.94. The zero-order chi connectivity index (χ0) is 15.0. The van der Waals surface area contributed by atoms with Crippen LogP contribution in [-0.4, -0.2) is 46.4 Å². The number of nitrogens with one attached hydrogen (secondary N) is 1. The van der Waals surface area contributed by atoms with E-state index in [1.807, 2.05) is 4.90 Å². The molecule has 0 unspecified atom stereocenters. The molecule has 0 fully saturated rings. The summed E-state index contributed by atoms with van der Waals surface area (Å²) in [5.41, 5.74) is 6.23. The molecule has 0 saturated heterocycles. The molecule has 0 aliphatic heterocycles. The molecule has 0 radical (unpaired) electrons. The Bertz CT molecular complexity index is 440. The molecular weight excluding hydrogens is 261 g/mol. The van der Waals surface area contributed by atoms with E-state index in [9.17, 15) is 4.39 Å². The first-order valence-electron chi connectivity index (χ1n) is 6.47. The molecule has 1 rings (SSSR count). The number of anilines is 1. The first kappa shape index (κ1) is 16.4. The smallest absolute Gasteiger partial charge is 0.147 e. The van der Waals surface area contributed by atoms with Crippen molar-refractivity contribution in [2.75, 3.05) is 45.4 Å². The van der Waals surface area contributed by atoms with Gasteiger partial charge in [-0.05, 0) is 24.6 Å². The molecule has 20 heavy (non-hydrogen) atoms. The van der Waals surface area contributed by atoms with Crippen molar-refractivity contribution in [1.82, 2.24) is 0 Å². The molecule has 0 spiro atoms. The number of halogens is 1. The first-order chi connectivity index (χ1) is 9.60. The fourth-order valence-electron chi connectivity index (χ4n) is 1.88. The quantitative estimate of drug-likeness (QED) is 0.410. The van der Waals surface area contributed by atoms with Gasteiger partial charge in [-0.3, -0.25) is 5.41 Å². The van der Waals surface area contributed by atoms with Crippen LogP contribution >= 0.6 is 0 Å². The molecule has 0 saturated carbocycles. The van der Waals surface area contributed by atoms with Crippen molar-refractivity contribution < 1.29 is 13.9 Å². The molecule has 0 atom stereocenters. The number of hydrogen-bond donors (Lipinski definition) is 2. The molecule has 1 aromatic rings. The monoisotopic (exact) mass is 283 g/mol. The fraction of sp³-hybridized carbons (Fsp3) is 0.500. The summed E-state index contributed by atoms with van der Waals surface area (Å²) in [7, 11) is 3.25. The van der Waals surface area contributed by atoms with Crippen LogP contribution in [0.1, 0.15) is 12.0 Å². The van der Waals surface area contributed by atoms with E-state index in [-0.39, 0.29) is 11.7 Å². The second kappa shape index (κ2) is 8.50. The number of hydrogen-bond acceptors (Lipinski definition) is 4. The number of benzene rings is 1. The molecule has 0 aliphatic carbocycles. The maximum absolute atomic E-state index is 14.1. The van der Waals surface area contributed by atoms with Crippen molar-refractivity contribution in [2.24, 2.45) is 5.73 Å². The van der Waals surface area contributed by atoms with Gasteiger partial charge in [-0.1, -0.05) is 0 Å². The van der Waals surface area contributed by atoms with Crippen molar-refractivity contribution >= 4 is 11.5 Å². The summed E-state index contributed by atoms with van der Waals surface area (Å²) in [6.07, 6.45) is 0.800. The molecule has 0 amide bonds. The van der Waals surface area contributed by atoms with Gasteiger partial charge in [-0.25, -0.2) is 4.39 Å². The van der Waals surface area contributed by atoms with Crippen molar-refractivity contribution in [3.8, 4) is 0 Å². The van der Waals surface area contributed by atoms with Gasteiger partial charge in [0.05, 0.1) is 12.3 Å². The van der Waals surface area contributed by atoms with Crippen LogP contribution in [0.2, 0.25) is 0 Å². The molecule has 0 aromatic heterocycles. The summed E-state index contributed by atoms with van der Waals surface area (Å²) < 4.78 is 24.2. The summed E-state index contributed by atoms with van der Waals surface area (Å²) in [6, 6.07) is 4.58. The molecule has 0 aliphatic rings. The fourth-order valence-corrected chi connectivity index (χ4v) is 1.88. The maximum Gasteiger partial charge on any atom is 0.147 e. The Labute approximate surface area is 119 Å². The van der Waals surface area contributed by atoms with Crippen molar-refractivity contribution in [2.45, 2.75) is 6.42 Å². The number of ether oxygens (including phenoxy) is 2. The van der Waals surface area contributed by atoms with Gasteiger partial charge < -0.3 is 20.1 Å². The highest BCUT2D eigenvalue weighted by molar-refractivity contribution is 5.95. The van der Waals surface area contributed by atoms with Gasteiger partial charge in [0.25, 0.3) is 0 Å². The number of nitrogens with two attached hydrogens (primary N) is 1. The predicted molar refractivity (Wildman–Crippen MR) is 78.0 cm³/mol. The van der Waals surface area contributed by atoms with Crippen molar-refractivity contribution in [3.63, 3.8) is 0 Å². The van der Waals surface area contributed by atoms with Gasteiger partial charge in [0.15, 0.2) is 0 Å². The maximum atomic E-state index is 14.1. The Hall–Kier alpha value is -1.66. The summed E-state index contributed by atoms with van der Waals surface area (Å²) >= 11 is 0. The SMILES string of the molecule is COCCCN(CCOC)c1ccc(C(=N)N)cc1F. The minimum Gasteiger partial charge on any atom is -0.385 e. The lowest BCUT2D eigenvalue weighted by Gasteiger charge is -2.25. The Morgan fingerprint density at radius 2 is 1.95 bits per heavy atom. The second-order valence-electron chi connectivity index (χ2n) is 4.41. The molecule has 3 N–H and O–H groups in total. The Morgan fingerprint density at radius 1 is 1.25 bits per heavy atom. The van der Waals surface area contributed by atoms with Gasteiger partial charge in [0.2, 0.25) is 0 Å². The highest BCUT2D eigenvalue weighted by Gasteiger charge is 2.12. The van der Waals surface area contributed by atoms with E-state index < -0.39 is 0 Å². The van der Waals surface area contributed by atoms with Gasteiger partial charge in [0, 0.05) is 39.5 Å². The third-order valence-electron chi connectivity index (χ3n) is 2.94. The van der Waals surface area contributed by atoms with Gasteiger partial charge in [0.1, 0.15) is 11.7 Å². The number of amidine groups is 1. The number of nitrogens with zero attached hydrogens (tertiary/aromatic N) is 1. The Balaban J connectivity index is 2.85. The molecule has 112 valence electrons. The van der Waals surface area contributed by atoms with Crippen LogP contribution in [0.15, 0.2) is 18.2 Å². The molecule has 0 bridgehead atoms. The zero-order valence-electron chi connectivity index (χ0n) is 12.0. The number of nitrogen functional groups attached to an aromatic ring is 1. The van der Waals surface area contributed by atoms with Gasteiger partial charge in [-0.15, -0.1) is 0 Å². The lowest BCUT2D eigenvalue weighted by atomic mass is 10.1. The minimum atomic E-state index is -0.383. The van der Waals surface area contributed by atoms with Crippen LogP contribution in [0.3, 0.4) is 0 Å². The van der Waals surface area contributed by atoms with E-state index in [4.69, 9.17) is 20.6 Å². The largest absolute Gasteiger partial charge is 0.385 e. The zero-order valence-corrected chi connectivity index (χ0v) is 12.0. The summed E-state index contributed by atoms with van der Waals surface area (Å²) in [5, 5.41) is 7.32. The molecule has 1 aromatic carbocycles. The highest BCUT2D eigenvalue weighted by atomic mass is 19.1. The van der Waals surface area contributed by atoms with Crippen molar-refractivity contribution in [3.05, 3.63) is 29.6 Å². The first-order valence-corrected chi connectivity index (χ1v) is 6.47. The Kier molecular flexibility index (Phi) is 6.97. The topological polar surface area (TPSA) is 71.6 Å². The van der Waals surface area contributed by atoms with Crippen LogP contribution in [0.25, 0.3) is 0 Å². The normalized spacial score (nSPS) is 10.6. The van der Waals surface area contributed by atoms with Gasteiger partial charge >= 0.3 is 0 Å². The van der Waals surface area contributed by atoms with E-state index in [2.05, 4.69) is 0 Å². The van der Waals surface area contributed by atoms with Crippen LogP contribution < -0.4 is 10.6 Å². The lowest BCUT2D eigenvalue weighted by Crippen LogP contribution is -2.30. The average molecular weight is 283 g/mol. The van der Waals surface area contributed by atoms with E-state index in [0.29, 0.717) is 37.6 Å². The standard InChI is InChI=1S/C14H22FN3O2/c1-19-8-3-6-18(7-9-20-2)13-5-4-11(14(16)17)10-12(13)15/h4-5,10H,3,6-9H2,1-2H3,(H3,16,17). The van der Waals surface area contributed by atoms with Crippen LogP contribution in [-0.2, 0) is 9.47 Å². The predicted octanol–water partition coefficient (Wildman–Crippen LogP) is 1.60. The lowest BCUT2D eigenvalue weighted by molar-refractivity contribution is 0.191. The highest BCUT2D eigenvalue weighted by Crippen LogP contribution is 2.20. The summed E-state index contributed by atoms with van der Waals surface area (Å²) in [6.45, 7) is 2.40. The van der Waals surface area contributed by atoms with E-state index >= 15 is 0 Å². The minimum absolute atomic E-state index is 0.140. The summed E-state index contributed by atoms with van der Waals surface area (Å²) in [4.78, 5) is 1.90. The van der Waals surface area contributed by atoms with E-state index in [0.717, 1.165) is 6.42 Å². The number of methoxy groups -OCH3 is 2. The van der Waals surface area contributed by atoms with Crippen molar-refractivity contribution in [1.29, 1.82) is 5.41 Å². The van der Waals surface area contributed by atoms with Crippen LogP contribution in [0, 0.1) is 11.2 Å². The molecule has 5 nitrogen and oxygen atoms in total.